The molecule has 0 unspecified atom stereocenters. The first-order valence-electron chi connectivity index (χ1n) is 9.14. The molecule has 2 rings (SSSR count). The number of nitrogens with zero attached hydrogens (tertiary/aromatic N) is 2. The van der Waals surface area contributed by atoms with E-state index >= 15 is 0 Å². The Morgan fingerprint density at radius 3 is 2.22 bits per heavy atom. The summed E-state index contributed by atoms with van der Waals surface area (Å²) in [7, 11) is 1.57. The molecule has 0 spiro atoms. The molecule has 0 radical (unpaired) electrons. The van der Waals surface area contributed by atoms with Gasteiger partial charge in [0.2, 0.25) is 5.91 Å². The first-order valence-corrected chi connectivity index (χ1v) is 9.14. The van der Waals surface area contributed by atoms with Gasteiger partial charge in [0.15, 0.2) is 6.61 Å². The molecule has 1 aliphatic rings. The summed E-state index contributed by atoms with van der Waals surface area (Å²) in [5.74, 6) is -0.944. The molecule has 7 heteroatoms. The Morgan fingerprint density at radius 2 is 1.70 bits per heavy atom. The van der Waals surface area contributed by atoms with Gasteiger partial charge in [0.1, 0.15) is 5.75 Å². The number of benzene rings is 1. The van der Waals surface area contributed by atoms with Gasteiger partial charge in [-0.1, -0.05) is 17.7 Å². The second-order valence-electron chi connectivity index (χ2n) is 7.26. The molecule has 1 N–H and O–H groups in total. The van der Waals surface area contributed by atoms with Gasteiger partial charge in [-0.3, -0.25) is 14.4 Å². The fourth-order valence-corrected chi connectivity index (χ4v) is 3.41. The monoisotopic (exact) mass is 376 g/mol. The number of aliphatic carboxylic acids is 1. The number of piperidine rings is 1. The summed E-state index contributed by atoms with van der Waals surface area (Å²) in [5.41, 5.74) is 3.08. The number of rotatable bonds is 6. The first kappa shape index (κ1) is 20.7. The summed E-state index contributed by atoms with van der Waals surface area (Å²) >= 11 is 0. The van der Waals surface area contributed by atoms with Crippen molar-refractivity contribution in [2.24, 2.45) is 5.92 Å². The van der Waals surface area contributed by atoms with Crippen LogP contribution < -0.4 is 4.74 Å². The van der Waals surface area contributed by atoms with Crippen LogP contribution in [0.25, 0.3) is 0 Å². The molecule has 1 aliphatic heterocycles. The quantitative estimate of drug-likeness (QED) is 0.818. The third kappa shape index (κ3) is 5.45. The van der Waals surface area contributed by atoms with Gasteiger partial charge in [-0.05, 0) is 44.7 Å². The predicted molar refractivity (Wildman–Crippen MR) is 101 cm³/mol. The van der Waals surface area contributed by atoms with Crippen LogP contribution in [0.1, 0.15) is 29.5 Å². The van der Waals surface area contributed by atoms with Gasteiger partial charge in [-0.25, -0.2) is 0 Å². The minimum atomic E-state index is -0.812. The maximum absolute atomic E-state index is 12.4. The number of hydrogen-bond acceptors (Lipinski definition) is 4. The minimum Gasteiger partial charge on any atom is -0.483 e. The molecular formula is C20H28N2O5. The molecule has 2 amide bonds. The van der Waals surface area contributed by atoms with Crippen LogP contribution in [0.5, 0.6) is 5.75 Å². The van der Waals surface area contributed by atoms with Crippen molar-refractivity contribution in [3.63, 3.8) is 0 Å². The zero-order valence-corrected chi connectivity index (χ0v) is 16.4. The number of hydrogen-bond donors (Lipinski definition) is 1. The molecule has 0 saturated carbocycles. The Labute approximate surface area is 159 Å². The molecule has 7 nitrogen and oxygen atoms in total. The van der Waals surface area contributed by atoms with E-state index in [1.54, 1.807) is 11.9 Å². The van der Waals surface area contributed by atoms with Crippen molar-refractivity contribution >= 4 is 17.8 Å². The van der Waals surface area contributed by atoms with Crippen molar-refractivity contribution in [3.05, 3.63) is 28.8 Å². The normalized spacial score (nSPS) is 14.7. The van der Waals surface area contributed by atoms with E-state index in [0.717, 1.165) is 16.7 Å². The Balaban J connectivity index is 1.84. The van der Waals surface area contributed by atoms with Gasteiger partial charge >= 0.3 is 5.97 Å². The Morgan fingerprint density at radius 1 is 1.15 bits per heavy atom. The Hall–Kier alpha value is -2.57. The van der Waals surface area contributed by atoms with Crippen LogP contribution in [-0.2, 0) is 14.4 Å². The van der Waals surface area contributed by atoms with Gasteiger partial charge < -0.3 is 19.6 Å². The van der Waals surface area contributed by atoms with Crippen LogP contribution in [0.15, 0.2) is 12.1 Å². The molecule has 0 aromatic heterocycles. The lowest BCUT2D eigenvalue weighted by molar-refractivity contribution is -0.146. The van der Waals surface area contributed by atoms with E-state index in [4.69, 9.17) is 9.84 Å². The maximum Gasteiger partial charge on any atom is 0.306 e. The number of carbonyl (C=O) groups excluding carboxylic acids is 2. The van der Waals surface area contributed by atoms with Crippen molar-refractivity contribution in [1.82, 2.24) is 9.80 Å². The van der Waals surface area contributed by atoms with Crippen molar-refractivity contribution in [2.75, 3.05) is 33.3 Å². The zero-order valence-electron chi connectivity index (χ0n) is 16.4. The molecular weight excluding hydrogens is 348 g/mol. The van der Waals surface area contributed by atoms with E-state index < -0.39 is 5.97 Å². The number of likely N-dealkylation sites (N-methyl/N-ethyl adjacent to an activating group) is 1. The smallest absolute Gasteiger partial charge is 0.306 e. The third-order valence-electron chi connectivity index (χ3n) is 4.94. The summed E-state index contributed by atoms with van der Waals surface area (Å²) in [6, 6.07) is 4.00. The topological polar surface area (TPSA) is 87.2 Å². The van der Waals surface area contributed by atoms with Gasteiger partial charge in [0, 0.05) is 20.1 Å². The van der Waals surface area contributed by atoms with E-state index in [1.807, 2.05) is 32.9 Å². The Bertz CT molecular complexity index is 700. The first-order chi connectivity index (χ1) is 12.7. The Kier molecular flexibility index (Phi) is 6.82. The largest absolute Gasteiger partial charge is 0.483 e. The van der Waals surface area contributed by atoms with Crippen LogP contribution in [0, 0.1) is 26.7 Å². The fraction of sp³-hybridized carbons (Fsp3) is 0.550. The van der Waals surface area contributed by atoms with Gasteiger partial charge in [0.05, 0.1) is 12.5 Å². The van der Waals surface area contributed by atoms with Crippen LogP contribution in [-0.4, -0.2) is 66.0 Å². The number of amides is 2. The van der Waals surface area contributed by atoms with Crippen molar-refractivity contribution < 1.29 is 24.2 Å². The van der Waals surface area contributed by atoms with Gasteiger partial charge in [-0.2, -0.15) is 0 Å². The van der Waals surface area contributed by atoms with E-state index in [9.17, 15) is 14.4 Å². The van der Waals surface area contributed by atoms with E-state index in [2.05, 4.69) is 0 Å². The summed E-state index contributed by atoms with van der Waals surface area (Å²) in [6.07, 6.45) is 0.904. The van der Waals surface area contributed by atoms with Crippen LogP contribution in [0.2, 0.25) is 0 Å². The number of carboxylic acid groups (broad SMARTS) is 1. The van der Waals surface area contributed by atoms with Crippen LogP contribution in [0.4, 0.5) is 0 Å². The number of likely N-dealkylation sites (tertiary alicyclic amines) is 1. The molecule has 1 aromatic rings. The van der Waals surface area contributed by atoms with Crippen molar-refractivity contribution in [1.29, 1.82) is 0 Å². The maximum atomic E-state index is 12.4. The third-order valence-corrected chi connectivity index (χ3v) is 4.94. The van der Waals surface area contributed by atoms with Crippen LogP contribution in [0.3, 0.4) is 0 Å². The highest BCUT2D eigenvalue weighted by molar-refractivity contribution is 5.85. The summed E-state index contributed by atoms with van der Waals surface area (Å²) in [6.45, 7) is 6.54. The number of aryl methyl sites for hydroxylation is 3. The predicted octanol–water partition coefficient (Wildman–Crippen LogP) is 1.77. The molecule has 1 aromatic carbocycles. The average molecular weight is 376 g/mol. The van der Waals surface area contributed by atoms with E-state index in [0.29, 0.717) is 31.7 Å². The lowest BCUT2D eigenvalue weighted by atomic mass is 9.97. The zero-order chi connectivity index (χ0) is 20.1. The number of carbonyl (C=O) groups is 3. The lowest BCUT2D eigenvalue weighted by Crippen LogP contribution is -2.46. The summed E-state index contributed by atoms with van der Waals surface area (Å²) in [5, 5.41) is 9.02. The van der Waals surface area contributed by atoms with Gasteiger partial charge in [-0.15, -0.1) is 0 Å². The molecule has 1 heterocycles. The number of carboxylic acids is 1. The average Bonchev–Trinajstić information content (AvgIpc) is 2.60. The number of ether oxygens (including phenoxy) is 1. The molecule has 0 aliphatic carbocycles. The molecule has 0 atom stereocenters. The molecule has 27 heavy (non-hydrogen) atoms. The SMILES string of the molecule is Cc1cc(C)c(OCC(=O)N(C)CC(=O)N2CCC(C(=O)O)CC2)c(C)c1. The van der Waals surface area contributed by atoms with Crippen molar-refractivity contribution in [3.8, 4) is 5.75 Å². The molecule has 148 valence electrons. The summed E-state index contributed by atoms with van der Waals surface area (Å²) in [4.78, 5) is 38.6. The van der Waals surface area contributed by atoms with Crippen LogP contribution >= 0.6 is 0 Å². The van der Waals surface area contributed by atoms with E-state index in [-0.39, 0.29) is 30.9 Å². The standard InChI is InChI=1S/C20H28N2O5/c1-13-9-14(2)19(15(3)10-13)27-12-18(24)21(4)11-17(23)22-7-5-16(6-8-22)20(25)26/h9-10,16H,5-8,11-12H2,1-4H3,(H,25,26). The molecule has 0 bridgehead atoms. The molecule has 1 fully saturated rings. The summed E-state index contributed by atoms with van der Waals surface area (Å²) < 4.78 is 5.69. The van der Waals surface area contributed by atoms with E-state index in [1.165, 1.54) is 4.90 Å². The second kappa shape index (κ2) is 8.88. The highest BCUT2D eigenvalue weighted by Gasteiger charge is 2.28. The lowest BCUT2D eigenvalue weighted by Gasteiger charge is -2.31. The fourth-order valence-electron chi connectivity index (χ4n) is 3.41. The molecule has 1 saturated heterocycles. The highest BCUT2D eigenvalue weighted by atomic mass is 16.5. The second-order valence-corrected chi connectivity index (χ2v) is 7.26. The van der Waals surface area contributed by atoms with Crippen molar-refractivity contribution in [2.45, 2.75) is 33.6 Å². The minimum absolute atomic E-state index is 0.0359. The van der Waals surface area contributed by atoms with Gasteiger partial charge in [0.25, 0.3) is 5.91 Å². The highest BCUT2D eigenvalue weighted by Crippen LogP contribution is 2.24.